The highest BCUT2D eigenvalue weighted by Crippen LogP contribution is 2.40. The average Bonchev–Trinajstić information content (AvgIpc) is 3.22. The van der Waals surface area contributed by atoms with Crippen LogP contribution in [0.25, 0.3) is 6.08 Å². The zero-order valence-electron chi connectivity index (χ0n) is 16.1. The van der Waals surface area contributed by atoms with Gasteiger partial charge in [-0.2, -0.15) is 0 Å². The topological polar surface area (TPSA) is 61.2 Å². The van der Waals surface area contributed by atoms with Crippen LogP contribution in [0.4, 0.5) is 0 Å². The smallest absolute Gasteiger partial charge is 0.244 e. The molecule has 2 N–H and O–H groups in total. The van der Waals surface area contributed by atoms with Gasteiger partial charge in [0.1, 0.15) is 19.6 Å². The molecule has 0 atom stereocenters. The van der Waals surface area contributed by atoms with Crippen LogP contribution >= 0.6 is 11.6 Å². The molecule has 152 valence electrons. The lowest BCUT2D eigenvalue weighted by Crippen LogP contribution is -3.12. The van der Waals surface area contributed by atoms with Crippen molar-refractivity contribution in [3.05, 3.63) is 64.2 Å². The van der Waals surface area contributed by atoms with E-state index in [0.29, 0.717) is 23.1 Å². The summed E-state index contributed by atoms with van der Waals surface area (Å²) in [6.07, 6.45) is 3.22. The number of halogens is 1. The Morgan fingerprint density at radius 2 is 1.93 bits per heavy atom. The average molecular weight is 416 g/mol. The van der Waals surface area contributed by atoms with Gasteiger partial charge in [0.25, 0.3) is 0 Å². The number of nitrogens with one attached hydrogen (secondary N) is 2. The number of benzene rings is 2. The van der Waals surface area contributed by atoms with Crippen molar-refractivity contribution in [2.75, 3.05) is 33.1 Å². The van der Waals surface area contributed by atoms with Gasteiger partial charge in [0, 0.05) is 18.2 Å². The van der Waals surface area contributed by atoms with Crippen LogP contribution in [0, 0.1) is 0 Å². The number of amides is 1. The van der Waals surface area contributed by atoms with Crippen LogP contribution in [0.2, 0.25) is 5.02 Å². The molecular weight excluding hydrogens is 392 g/mol. The molecule has 0 saturated carbocycles. The number of fused-ring (bicyclic) bond motifs is 1. The van der Waals surface area contributed by atoms with Gasteiger partial charge in [0.2, 0.25) is 12.7 Å². The van der Waals surface area contributed by atoms with Gasteiger partial charge in [-0.25, -0.2) is 0 Å². The monoisotopic (exact) mass is 415 g/mol. The van der Waals surface area contributed by atoms with E-state index in [1.165, 1.54) is 16.5 Å². The van der Waals surface area contributed by atoms with Crippen molar-refractivity contribution < 1.29 is 23.9 Å². The van der Waals surface area contributed by atoms with Crippen molar-refractivity contribution >= 4 is 23.6 Å². The molecule has 1 amide bonds. The van der Waals surface area contributed by atoms with E-state index in [2.05, 4.69) is 17.4 Å². The maximum Gasteiger partial charge on any atom is 0.244 e. The number of hydrogen-bond acceptors (Lipinski definition) is 4. The molecule has 0 radical (unpaired) electrons. The van der Waals surface area contributed by atoms with E-state index in [-0.39, 0.29) is 12.7 Å². The predicted octanol–water partition coefficient (Wildman–Crippen LogP) is 1.81. The molecule has 0 aliphatic carbocycles. The molecule has 2 aliphatic rings. The molecule has 2 aliphatic heterocycles. The minimum atomic E-state index is -0.160. The summed E-state index contributed by atoms with van der Waals surface area (Å²) in [6.45, 7) is 5.25. The Labute approximate surface area is 175 Å². The zero-order chi connectivity index (χ0) is 20.1. The number of carbonyl (C=O) groups is 1. The van der Waals surface area contributed by atoms with E-state index in [1.807, 2.05) is 12.1 Å². The van der Waals surface area contributed by atoms with Gasteiger partial charge in [-0.05, 0) is 29.3 Å². The Morgan fingerprint density at radius 3 is 2.76 bits per heavy atom. The Morgan fingerprint density at radius 1 is 1.14 bits per heavy atom. The van der Waals surface area contributed by atoms with E-state index < -0.39 is 0 Å². The van der Waals surface area contributed by atoms with Crippen LogP contribution in [-0.2, 0) is 22.6 Å². The highest BCUT2D eigenvalue weighted by atomic mass is 35.5. The minimum Gasteiger partial charge on any atom is -0.454 e. The summed E-state index contributed by atoms with van der Waals surface area (Å²) in [4.78, 5) is 13.8. The van der Waals surface area contributed by atoms with Crippen LogP contribution in [0.5, 0.6) is 11.5 Å². The molecule has 7 heteroatoms. The number of rotatable bonds is 6. The molecule has 2 aromatic carbocycles. The van der Waals surface area contributed by atoms with Crippen molar-refractivity contribution in [3.63, 3.8) is 0 Å². The molecule has 4 rings (SSSR count). The highest BCUT2D eigenvalue weighted by molar-refractivity contribution is 6.32. The number of ether oxygens (including phenoxy) is 3. The maximum absolute atomic E-state index is 12.3. The van der Waals surface area contributed by atoms with Gasteiger partial charge in [0.05, 0.1) is 18.2 Å². The van der Waals surface area contributed by atoms with E-state index >= 15 is 0 Å². The largest absolute Gasteiger partial charge is 0.454 e. The number of morpholine rings is 1. The molecule has 1 saturated heterocycles. The normalized spacial score (nSPS) is 16.3. The van der Waals surface area contributed by atoms with Gasteiger partial charge in [0.15, 0.2) is 11.5 Å². The molecule has 6 nitrogen and oxygen atoms in total. The molecule has 2 heterocycles. The molecule has 0 spiro atoms. The van der Waals surface area contributed by atoms with Crippen molar-refractivity contribution in [1.82, 2.24) is 5.32 Å². The molecule has 0 bridgehead atoms. The lowest BCUT2D eigenvalue weighted by atomic mass is 10.1. The quantitative estimate of drug-likeness (QED) is 0.706. The SMILES string of the molecule is O=C(/C=C/c1cc(Cl)c2c(c1)OCO2)NCc1ccccc1C[NH+]1CCOCC1. The van der Waals surface area contributed by atoms with Gasteiger partial charge in [-0.15, -0.1) is 0 Å². The Kier molecular flexibility index (Phi) is 6.34. The lowest BCUT2D eigenvalue weighted by Gasteiger charge is -2.24. The summed E-state index contributed by atoms with van der Waals surface area (Å²) in [5.41, 5.74) is 3.18. The Balaban J connectivity index is 1.35. The first-order valence-electron chi connectivity index (χ1n) is 9.72. The molecule has 29 heavy (non-hydrogen) atoms. The van der Waals surface area contributed by atoms with Gasteiger partial charge in [-0.1, -0.05) is 35.9 Å². The van der Waals surface area contributed by atoms with Crippen LogP contribution in [-0.4, -0.2) is 39.0 Å². The summed E-state index contributed by atoms with van der Waals surface area (Å²) < 4.78 is 16.1. The summed E-state index contributed by atoms with van der Waals surface area (Å²) >= 11 is 6.18. The Hall–Kier alpha value is -2.54. The van der Waals surface area contributed by atoms with Crippen LogP contribution in [0.3, 0.4) is 0 Å². The molecular formula is C22H24ClN2O4+. The fraction of sp³-hybridized carbons (Fsp3) is 0.318. The Bertz CT molecular complexity index is 910. The molecule has 0 aromatic heterocycles. The van der Waals surface area contributed by atoms with Crippen molar-refractivity contribution in [1.29, 1.82) is 0 Å². The zero-order valence-corrected chi connectivity index (χ0v) is 16.8. The van der Waals surface area contributed by atoms with Gasteiger partial charge >= 0.3 is 0 Å². The van der Waals surface area contributed by atoms with Crippen LogP contribution in [0.1, 0.15) is 16.7 Å². The van der Waals surface area contributed by atoms with Crippen molar-refractivity contribution in [2.24, 2.45) is 0 Å². The third kappa shape index (κ3) is 5.09. The summed E-state index contributed by atoms with van der Waals surface area (Å²) in [7, 11) is 0. The van der Waals surface area contributed by atoms with Crippen LogP contribution in [0.15, 0.2) is 42.5 Å². The molecule has 1 fully saturated rings. The summed E-state index contributed by atoms with van der Waals surface area (Å²) in [5, 5.41) is 3.44. The lowest BCUT2D eigenvalue weighted by molar-refractivity contribution is -0.921. The highest BCUT2D eigenvalue weighted by Gasteiger charge is 2.18. The maximum atomic E-state index is 12.3. The second-order valence-corrected chi connectivity index (χ2v) is 7.50. The summed E-state index contributed by atoms with van der Waals surface area (Å²) in [5.74, 6) is 0.983. The number of hydrogen-bond donors (Lipinski definition) is 2. The minimum absolute atomic E-state index is 0.160. The fourth-order valence-electron chi connectivity index (χ4n) is 3.51. The van der Waals surface area contributed by atoms with E-state index in [9.17, 15) is 4.79 Å². The third-order valence-corrected chi connectivity index (χ3v) is 5.37. The van der Waals surface area contributed by atoms with Crippen LogP contribution < -0.4 is 19.7 Å². The predicted molar refractivity (Wildman–Crippen MR) is 110 cm³/mol. The standard InChI is InChI=1S/C22H23ClN2O4/c23-19-11-16(12-20-22(19)29-15-28-20)5-6-21(26)24-13-17-3-1-2-4-18(17)14-25-7-9-27-10-8-25/h1-6,11-12H,7-10,13-15H2,(H,24,26)/p+1/b6-5+. The molecule has 2 aromatic rings. The molecule has 0 unspecified atom stereocenters. The van der Waals surface area contributed by atoms with Crippen molar-refractivity contribution in [3.8, 4) is 11.5 Å². The number of quaternary nitrogens is 1. The van der Waals surface area contributed by atoms with Crippen molar-refractivity contribution in [2.45, 2.75) is 13.1 Å². The van der Waals surface area contributed by atoms with E-state index in [0.717, 1.165) is 44.0 Å². The van der Waals surface area contributed by atoms with Gasteiger partial charge < -0.3 is 24.4 Å². The van der Waals surface area contributed by atoms with Gasteiger partial charge in [-0.3, -0.25) is 4.79 Å². The first-order valence-corrected chi connectivity index (χ1v) is 10.1. The summed E-state index contributed by atoms with van der Waals surface area (Å²) in [6, 6.07) is 11.8. The first kappa shape index (κ1) is 19.8. The van der Waals surface area contributed by atoms with E-state index in [1.54, 1.807) is 18.2 Å². The van der Waals surface area contributed by atoms with E-state index in [4.69, 9.17) is 25.8 Å². The second kappa shape index (κ2) is 9.31. The fourth-order valence-corrected chi connectivity index (χ4v) is 3.78. The second-order valence-electron chi connectivity index (χ2n) is 7.10. The first-order chi connectivity index (χ1) is 14.2. The number of carbonyl (C=O) groups excluding carboxylic acids is 1. The third-order valence-electron chi connectivity index (χ3n) is 5.09.